The summed E-state index contributed by atoms with van der Waals surface area (Å²) in [5.41, 5.74) is 6.55. The van der Waals surface area contributed by atoms with E-state index in [0.717, 1.165) is 48.9 Å². The number of hydrogen-bond acceptors (Lipinski definition) is 11. The predicted molar refractivity (Wildman–Crippen MR) is 217 cm³/mol. The van der Waals surface area contributed by atoms with Crippen LogP contribution in [0, 0.1) is 5.92 Å². The molecular weight excluding hydrogens is 735 g/mol. The van der Waals surface area contributed by atoms with Crippen LogP contribution in [-0.2, 0) is 9.59 Å². The number of hydrogen-bond donors (Lipinski definition) is 3. The predicted octanol–water partition coefficient (Wildman–Crippen LogP) is 6.16. The number of aromatic hydroxyl groups is 1. The number of β-amino-alcohol motifs (C(OH)–C–C–N with tert-alkyl or cyclic N) is 1. The van der Waals surface area contributed by atoms with Crippen molar-refractivity contribution in [2.75, 3.05) is 24.5 Å². The summed E-state index contributed by atoms with van der Waals surface area (Å²) >= 11 is 0. The third kappa shape index (κ3) is 7.17. The maximum Gasteiger partial charge on any atom is 0.243 e. The van der Waals surface area contributed by atoms with Crippen molar-refractivity contribution in [2.45, 2.75) is 82.5 Å². The lowest BCUT2D eigenvalue weighted by Gasteiger charge is -2.29. The fraction of sp³-hybridized carbons (Fsp3) is 0.386. The van der Waals surface area contributed by atoms with Crippen LogP contribution in [0.2, 0.25) is 0 Å². The van der Waals surface area contributed by atoms with Crippen LogP contribution in [-0.4, -0.2) is 88.6 Å². The van der Waals surface area contributed by atoms with E-state index in [-0.39, 0.29) is 48.4 Å². The lowest BCUT2D eigenvalue weighted by Crippen LogP contribution is -2.48. The Labute approximate surface area is 335 Å². The average Bonchev–Trinajstić information content (AvgIpc) is 3.57. The molecule has 0 unspecified atom stereocenters. The lowest BCUT2D eigenvalue weighted by atomic mass is 9.91. The minimum Gasteiger partial charge on any atom is -0.507 e. The van der Waals surface area contributed by atoms with Crippen molar-refractivity contribution in [1.29, 1.82) is 0 Å². The number of anilines is 1. The Kier molecular flexibility index (Phi) is 9.88. The number of carbonyl (C=O) groups excluding carboxylic acids is 2. The first kappa shape index (κ1) is 37.4. The third-order valence-corrected chi connectivity index (χ3v) is 11.8. The smallest absolute Gasteiger partial charge is 0.243 e. The normalized spacial score (nSPS) is 20.5. The monoisotopic (exact) mass is 781 g/mol. The van der Waals surface area contributed by atoms with Crippen LogP contribution < -0.4 is 10.2 Å². The zero-order chi connectivity index (χ0) is 40.1. The number of aliphatic hydroxyl groups excluding tert-OH is 1. The number of likely N-dealkylation sites (tertiary alicyclic amines) is 1. The summed E-state index contributed by atoms with van der Waals surface area (Å²) in [4.78, 5) is 40.8. The van der Waals surface area contributed by atoms with Crippen LogP contribution in [0.3, 0.4) is 0 Å². The minimum atomic E-state index is -0.812. The topological polar surface area (TPSA) is 176 Å². The molecule has 1 saturated carbocycles. The van der Waals surface area contributed by atoms with Gasteiger partial charge in [0.05, 0.1) is 23.4 Å². The molecule has 0 bridgehead atoms. The Morgan fingerprint density at radius 1 is 0.897 bits per heavy atom. The molecule has 6 heterocycles. The number of carbonyl (C=O) groups is 2. The van der Waals surface area contributed by atoms with Crippen LogP contribution in [0.5, 0.6) is 5.75 Å². The summed E-state index contributed by atoms with van der Waals surface area (Å²) in [5.74, 6) is -0.0497. The number of nitrogens with zero attached hydrogens (tertiary/aromatic N) is 8. The van der Waals surface area contributed by atoms with E-state index in [1.807, 2.05) is 69.3 Å². The molecule has 298 valence electrons. The second-order valence-corrected chi connectivity index (χ2v) is 16.3. The van der Waals surface area contributed by atoms with Gasteiger partial charge in [-0.05, 0) is 61.9 Å². The molecule has 58 heavy (non-hydrogen) atoms. The zero-order valence-electron chi connectivity index (χ0n) is 32.8. The Bertz CT molecular complexity index is 2440. The van der Waals surface area contributed by atoms with Crippen molar-refractivity contribution in [3.05, 3.63) is 102 Å². The number of amides is 2. The highest BCUT2D eigenvalue weighted by Crippen LogP contribution is 2.44. The molecule has 3 aliphatic rings. The molecule has 2 aromatic carbocycles. The molecule has 14 nitrogen and oxygen atoms in total. The zero-order valence-corrected chi connectivity index (χ0v) is 32.8. The van der Waals surface area contributed by atoms with Gasteiger partial charge in [-0.15, -0.1) is 10.2 Å². The molecule has 3 fully saturated rings. The summed E-state index contributed by atoms with van der Waals surface area (Å²) in [6, 6.07) is 22.2. The van der Waals surface area contributed by atoms with Crippen LogP contribution >= 0.6 is 0 Å². The highest BCUT2D eigenvalue weighted by Gasteiger charge is 2.43. The first-order valence-electron chi connectivity index (χ1n) is 20.2. The van der Waals surface area contributed by atoms with E-state index in [4.69, 9.17) is 14.5 Å². The number of nitrogens with one attached hydrogen (secondary N) is 1. The molecular formula is C44H47N9O5. The number of aliphatic hydroxyl groups is 1. The van der Waals surface area contributed by atoms with Gasteiger partial charge < -0.3 is 34.4 Å². The summed E-state index contributed by atoms with van der Waals surface area (Å²) in [6.07, 6.45) is 5.98. The molecule has 4 aromatic heterocycles. The second kappa shape index (κ2) is 15.3. The maximum absolute atomic E-state index is 14.2. The van der Waals surface area contributed by atoms with Crippen molar-refractivity contribution < 1.29 is 24.3 Å². The summed E-state index contributed by atoms with van der Waals surface area (Å²) < 4.78 is 8.24. The van der Waals surface area contributed by atoms with E-state index in [9.17, 15) is 19.8 Å². The van der Waals surface area contributed by atoms with Gasteiger partial charge in [-0.25, -0.2) is 9.97 Å². The fourth-order valence-electron chi connectivity index (χ4n) is 8.64. The number of phenolic OH excluding ortho intramolecular Hbond substituents is 1. The number of aromatic nitrogens is 6. The van der Waals surface area contributed by atoms with Gasteiger partial charge in [0.2, 0.25) is 17.8 Å². The van der Waals surface area contributed by atoms with Crippen LogP contribution in [0.4, 0.5) is 5.95 Å². The van der Waals surface area contributed by atoms with Gasteiger partial charge >= 0.3 is 0 Å². The molecule has 1 aliphatic carbocycles. The summed E-state index contributed by atoms with van der Waals surface area (Å²) in [7, 11) is 0. The Balaban J connectivity index is 0.887. The molecule has 2 saturated heterocycles. The van der Waals surface area contributed by atoms with Crippen molar-refractivity contribution in [2.24, 2.45) is 5.92 Å². The standard InChI is InChI=1S/C44H47N9O5/c1-25(2)41(43(57)52-24-31(54)17-38(52)42(56)47-26(3)27-9-5-4-6-10-27)40-20-33(50-58-40)29-21-45-44(46-22-29)51-16-15-28(23-51)36-19-35-37(53(36)30-13-14-30)18-34(48-49-35)32-11-7-8-12-39(32)55/h4-12,18-22,25-26,28,30-31,38,41,54-55H,13-17,23-24H2,1-3H3,(H,47,56)/t26-,28-,31+,38-,41+/m0/s1. The molecule has 2 aliphatic heterocycles. The van der Waals surface area contributed by atoms with Crippen LogP contribution in [0.15, 0.2) is 89.7 Å². The Morgan fingerprint density at radius 2 is 1.66 bits per heavy atom. The van der Waals surface area contributed by atoms with Gasteiger partial charge in [-0.3, -0.25) is 9.59 Å². The third-order valence-electron chi connectivity index (χ3n) is 11.8. The number of phenols is 1. The van der Waals surface area contributed by atoms with Crippen molar-refractivity contribution in [3.63, 3.8) is 0 Å². The van der Waals surface area contributed by atoms with E-state index in [0.29, 0.717) is 40.3 Å². The number of rotatable bonds is 11. The van der Waals surface area contributed by atoms with Crippen molar-refractivity contribution in [1.82, 2.24) is 40.1 Å². The van der Waals surface area contributed by atoms with E-state index < -0.39 is 18.1 Å². The molecule has 0 spiro atoms. The van der Waals surface area contributed by atoms with Gasteiger partial charge in [0.25, 0.3) is 0 Å². The summed E-state index contributed by atoms with van der Waals surface area (Å²) in [6.45, 7) is 7.37. The molecule has 0 radical (unpaired) electrons. The summed E-state index contributed by atoms with van der Waals surface area (Å²) in [5, 5.41) is 37.5. The van der Waals surface area contributed by atoms with E-state index in [2.05, 4.69) is 36.2 Å². The average molecular weight is 782 g/mol. The molecule has 5 atom stereocenters. The van der Waals surface area contributed by atoms with Crippen LogP contribution in [0.25, 0.3) is 33.5 Å². The van der Waals surface area contributed by atoms with E-state index >= 15 is 0 Å². The first-order chi connectivity index (χ1) is 28.1. The minimum absolute atomic E-state index is 0.0605. The van der Waals surface area contributed by atoms with Gasteiger partial charge in [-0.2, -0.15) is 0 Å². The van der Waals surface area contributed by atoms with Crippen molar-refractivity contribution >= 4 is 28.8 Å². The first-order valence-corrected chi connectivity index (χ1v) is 20.2. The lowest BCUT2D eigenvalue weighted by molar-refractivity contribution is -0.141. The SMILES string of the molecule is CC(C)[C@@H](C(=O)N1C[C@H](O)C[C@H]1C(=O)N[C@@H](C)c1ccccc1)c1cc(-c2cnc(N3CC[C@H](c4cc5nnc(-c6ccccc6O)cc5n4C4CC4)C3)nc2)no1. The van der Waals surface area contributed by atoms with Gasteiger partial charge in [0.1, 0.15) is 34.7 Å². The molecule has 9 rings (SSSR count). The van der Waals surface area contributed by atoms with Gasteiger partial charge in [0, 0.05) is 73.3 Å². The van der Waals surface area contributed by atoms with Crippen LogP contribution in [0.1, 0.15) is 87.4 Å². The fourth-order valence-corrected chi connectivity index (χ4v) is 8.64. The number of para-hydroxylation sites is 1. The molecule has 2 amide bonds. The van der Waals surface area contributed by atoms with E-state index in [1.54, 1.807) is 30.6 Å². The number of fused-ring (bicyclic) bond motifs is 1. The quantitative estimate of drug-likeness (QED) is 0.137. The van der Waals surface area contributed by atoms with E-state index in [1.165, 1.54) is 10.6 Å². The molecule has 14 heteroatoms. The van der Waals surface area contributed by atoms with Gasteiger partial charge in [0.15, 0.2) is 0 Å². The maximum atomic E-state index is 14.2. The molecule has 3 N–H and O–H groups in total. The van der Waals surface area contributed by atoms with Crippen molar-refractivity contribution in [3.8, 4) is 28.3 Å². The highest BCUT2D eigenvalue weighted by molar-refractivity contribution is 5.91. The van der Waals surface area contributed by atoms with Gasteiger partial charge in [-0.1, -0.05) is 61.5 Å². The largest absolute Gasteiger partial charge is 0.507 e. The second-order valence-electron chi connectivity index (χ2n) is 16.3. The molecule has 6 aromatic rings. The highest BCUT2D eigenvalue weighted by atomic mass is 16.5. The number of benzene rings is 2. The Hall–Kier alpha value is -6.15. The Morgan fingerprint density at radius 3 is 2.40 bits per heavy atom.